The molecule has 0 fully saturated rings. The highest BCUT2D eigenvalue weighted by atomic mass is 32.1. The van der Waals surface area contributed by atoms with Crippen molar-refractivity contribution in [2.45, 2.75) is 6.42 Å². The number of imidazole rings is 1. The minimum atomic E-state index is 0.742. The molecule has 4 rings (SSSR count). The van der Waals surface area contributed by atoms with E-state index in [2.05, 4.69) is 32.5 Å². The number of rotatable bonds is 3. The summed E-state index contributed by atoms with van der Waals surface area (Å²) < 4.78 is 5.39. The number of aromatic nitrogens is 3. The molecule has 0 radical (unpaired) electrons. The van der Waals surface area contributed by atoms with Crippen LogP contribution in [-0.2, 0) is 6.42 Å². The van der Waals surface area contributed by atoms with Crippen molar-refractivity contribution in [3.63, 3.8) is 0 Å². The summed E-state index contributed by atoms with van der Waals surface area (Å²) in [4.78, 5) is 13.5. The molecule has 0 atom stereocenters. The Labute approximate surface area is 119 Å². The van der Waals surface area contributed by atoms with Gasteiger partial charge in [-0.15, -0.1) is 11.3 Å². The number of furan rings is 1. The molecule has 20 heavy (non-hydrogen) atoms. The van der Waals surface area contributed by atoms with Crippen molar-refractivity contribution in [1.29, 1.82) is 0 Å². The first kappa shape index (κ1) is 11.4. The van der Waals surface area contributed by atoms with Gasteiger partial charge in [-0.2, -0.15) is 0 Å². The number of H-pyrrole nitrogens is 1. The standard InChI is InChI=1S/C15H11N3OS/c1-4-13(19-5-1)10-7-12-15(16-9-10)18-14(17-12)8-11-3-2-6-20-11/h1-7,9H,8H2,(H,16,17,18). The van der Waals surface area contributed by atoms with Gasteiger partial charge in [0.2, 0.25) is 0 Å². The molecule has 4 nitrogen and oxygen atoms in total. The predicted octanol–water partition coefficient (Wildman–Crippen LogP) is 3.87. The first-order valence-electron chi connectivity index (χ1n) is 6.29. The summed E-state index contributed by atoms with van der Waals surface area (Å²) in [5.74, 6) is 1.75. The predicted molar refractivity (Wildman–Crippen MR) is 78.7 cm³/mol. The summed E-state index contributed by atoms with van der Waals surface area (Å²) in [6.45, 7) is 0. The van der Waals surface area contributed by atoms with Gasteiger partial charge in [-0.05, 0) is 29.6 Å². The van der Waals surface area contributed by atoms with Gasteiger partial charge in [-0.25, -0.2) is 9.97 Å². The maximum Gasteiger partial charge on any atom is 0.177 e. The van der Waals surface area contributed by atoms with Crippen LogP contribution < -0.4 is 0 Å². The monoisotopic (exact) mass is 281 g/mol. The molecule has 0 aliphatic carbocycles. The molecule has 98 valence electrons. The van der Waals surface area contributed by atoms with Crippen LogP contribution in [0.3, 0.4) is 0 Å². The molecule has 0 aliphatic heterocycles. The van der Waals surface area contributed by atoms with Crippen LogP contribution in [0.5, 0.6) is 0 Å². The Morgan fingerprint density at radius 2 is 2.25 bits per heavy atom. The van der Waals surface area contributed by atoms with Crippen LogP contribution in [-0.4, -0.2) is 15.0 Å². The van der Waals surface area contributed by atoms with Crippen LogP contribution in [0.4, 0.5) is 0 Å². The first-order valence-corrected chi connectivity index (χ1v) is 7.17. The van der Waals surface area contributed by atoms with E-state index in [9.17, 15) is 0 Å². The largest absolute Gasteiger partial charge is 0.464 e. The third-order valence-electron chi connectivity index (χ3n) is 3.11. The molecule has 0 unspecified atom stereocenters. The molecule has 0 aliphatic rings. The zero-order chi connectivity index (χ0) is 13.4. The minimum Gasteiger partial charge on any atom is -0.464 e. The number of aromatic amines is 1. The molecule has 4 aromatic heterocycles. The van der Waals surface area contributed by atoms with Gasteiger partial charge in [-0.3, -0.25) is 0 Å². The Kier molecular flexibility index (Phi) is 2.63. The summed E-state index contributed by atoms with van der Waals surface area (Å²) in [5, 5.41) is 2.07. The second-order valence-corrected chi connectivity index (χ2v) is 5.54. The maximum atomic E-state index is 5.39. The van der Waals surface area contributed by atoms with Crippen molar-refractivity contribution in [3.8, 4) is 11.3 Å². The Balaban J connectivity index is 1.72. The van der Waals surface area contributed by atoms with E-state index >= 15 is 0 Å². The molecule has 0 aromatic carbocycles. The van der Waals surface area contributed by atoms with Crippen LogP contribution >= 0.6 is 11.3 Å². The first-order chi connectivity index (χ1) is 9.88. The lowest BCUT2D eigenvalue weighted by Crippen LogP contribution is -1.86. The molecule has 0 saturated carbocycles. The zero-order valence-electron chi connectivity index (χ0n) is 10.5. The fourth-order valence-corrected chi connectivity index (χ4v) is 2.90. The quantitative estimate of drug-likeness (QED) is 0.620. The number of nitrogens with one attached hydrogen (secondary N) is 1. The van der Waals surface area contributed by atoms with Crippen LogP contribution in [0.2, 0.25) is 0 Å². The summed E-state index contributed by atoms with van der Waals surface area (Å²) >= 11 is 1.73. The van der Waals surface area contributed by atoms with Crippen molar-refractivity contribution >= 4 is 22.5 Å². The van der Waals surface area contributed by atoms with Gasteiger partial charge in [0.05, 0.1) is 11.8 Å². The van der Waals surface area contributed by atoms with E-state index in [1.54, 1.807) is 23.8 Å². The van der Waals surface area contributed by atoms with E-state index in [1.807, 2.05) is 18.2 Å². The number of pyridine rings is 1. The van der Waals surface area contributed by atoms with E-state index < -0.39 is 0 Å². The number of nitrogens with zero attached hydrogens (tertiary/aromatic N) is 2. The molecular formula is C15H11N3OS. The highest BCUT2D eigenvalue weighted by molar-refractivity contribution is 7.09. The summed E-state index contributed by atoms with van der Waals surface area (Å²) in [5.41, 5.74) is 2.63. The van der Waals surface area contributed by atoms with E-state index in [4.69, 9.17) is 4.42 Å². The van der Waals surface area contributed by atoms with Gasteiger partial charge >= 0.3 is 0 Å². The van der Waals surface area contributed by atoms with Gasteiger partial charge in [-0.1, -0.05) is 6.07 Å². The van der Waals surface area contributed by atoms with Gasteiger partial charge in [0.15, 0.2) is 5.65 Å². The third-order valence-corrected chi connectivity index (χ3v) is 3.99. The van der Waals surface area contributed by atoms with E-state index in [1.165, 1.54) is 4.88 Å². The van der Waals surface area contributed by atoms with Gasteiger partial charge < -0.3 is 9.40 Å². The van der Waals surface area contributed by atoms with Crippen LogP contribution in [0.25, 0.3) is 22.5 Å². The highest BCUT2D eigenvalue weighted by Gasteiger charge is 2.08. The number of hydrogen-bond donors (Lipinski definition) is 1. The topological polar surface area (TPSA) is 54.7 Å². The normalized spacial score (nSPS) is 11.2. The van der Waals surface area contributed by atoms with Crippen molar-refractivity contribution in [1.82, 2.24) is 15.0 Å². The number of hydrogen-bond acceptors (Lipinski definition) is 4. The average molecular weight is 281 g/mol. The smallest absolute Gasteiger partial charge is 0.177 e. The van der Waals surface area contributed by atoms with Crippen LogP contribution in [0, 0.1) is 0 Å². The maximum absolute atomic E-state index is 5.39. The Bertz CT molecular complexity index is 831. The van der Waals surface area contributed by atoms with Crippen molar-refractivity contribution in [3.05, 3.63) is 58.9 Å². The molecule has 0 saturated heterocycles. The molecule has 5 heteroatoms. The van der Waals surface area contributed by atoms with Gasteiger partial charge in [0.25, 0.3) is 0 Å². The van der Waals surface area contributed by atoms with Gasteiger partial charge in [0.1, 0.15) is 11.6 Å². The number of fused-ring (bicyclic) bond motifs is 1. The highest BCUT2D eigenvalue weighted by Crippen LogP contribution is 2.22. The minimum absolute atomic E-state index is 0.742. The van der Waals surface area contributed by atoms with Crippen molar-refractivity contribution in [2.24, 2.45) is 0 Å². The molecule has 4 aromatic rings. The molecule has 0 bridgehead atoms. The lowest BCUT2D eigenvalue weighted by molar-refractivity contribution is 0.582. The zero-order valence-corrected chi connectivity index (χ0v) is 11.4. The fourth-order valence-electron chi connectivity index (χ4n) is 2.19. The Morgan fingerprint density at radius 1 is 1.25 bits per heavy atom. The molecule has 1 N–H and O–H groups in total. The fraction of sp³-hybridized carbons (Fsp3) is 0.0667. The van der Waals surface area contributed by atoms with Crippen LogP contribution in [0.1, 0.15) is 10.7 Å². The molecule has 0 spiro atoms. The SMILES string of the molecule is c1coc(-c2cnc3nc(Cc4cccs4)[nH]c3c2)c1. The van der Waals surface area contributed by atoms with E-state index in [0.717, 1.165) is 34.7 Å². The lowest BCUT2D eigenvalue weighted by atomic mass is 10.2. The average Bonchev–Trinajstić information content (AvgIpc) is 3.19. The molecular weight excluding hydrogens is 270 g/mol. The summed E-state index contributed by atoms with van der Waals surface area (Å²) in [6.07, 6.45) is 4.26. The van der Waals surface area contributed by atoms with Crippen molar-refractivity contribution in [2.75, 3.05) is 0 Å². The third kappa shape index (κ3) is 2.02. The van der Waals surface area contributed by atoms with Crippen molar-refractivity contribution < 1.29 is 4.42 Å². The van der Waals surface area contributed by atoms with E-state index in [-0.39, 0.29) is 0 Å². The second kappa shape index (κ2) is 4.61. The Morgan fingerprint density at radius 3 is 3.05 bits per heavy atom. The second-order valence-electron chi connectivity index (χ2n) is 4.51. The van der Waals surface area contributed by atoms with Gasteiger partial charge in [0, 0.05) is 23.1 Å². The Hall–Kier alpha value is -2.40. The lowest BCUT2D eigenvalue weighted by Gasteiger charge is -1.95. The molecule has 0 amide bonds. The summed E-state index contributed by atoms with van der Waals surface area (Å²) in [7, 11) is 0. The number of thiophene rings is 1. The van der Waals surface area contributed by atoms with E-state index in [0.29, 0.717) is 0 Å². The summed E-state index contributed by atoms with van der Waals surface area (Å²) in [6, 6.07) is 9.97. The van der Waals surface area contributed by atoms with Crippen LogP contribution in [0.15, 0.2) is 52.6 Å². The molecule has 4 heterocycles.